The molecule has 10 heteroatoms. The van der Waals surface area contributed by atoms with Crippen LogP contribution < -0.4 is 0 Å². The highest BCUT2D eigenvalue weighted by atomic mass is 16.6. The highest BCUT2D eigenvalue weighted by molar-refractivity contribution is 5.83. The molecule has 0 aromatic heterocycles. The van der Waals surface area contributed by atoms with Crippen LogP contribution >= 0.6 is 0 Å². The molecule has 2 aliphatic carbocycles. The lowest BCUT2D eigenvalue weighted by molar-refractivity contribution is -0.162. The molecule has 0 N–H and O–H groups in total. The third-order valence-electron chi connectivity index (χ3n) is 10.0. The lowest BCUT2D eigenvalue weighted by atomic mass is 9.79. The molecular formula is C36H58O10. The van der Waals surface area contributed by atoms with Crippen molar-refractivity contribution in [3.05, 3.63) is 0 Å². The monoisotopic (exact) mass is 650 g/mol. The third kappa shape index (κ3) is 11.8. The van der Waals surface area contributed by atoms with E-state index in [1.165, 1.54) is 12.8 Å². The molecule has 0 bridgehead atoms. The van der Waals surface area contributed by atoms with E-state index in [-0.39, 0.29) is 48.3 Å². The van der Waals surface area contributed by atoms with E-state index in [0.29, 0.717) is 52.1 Å². The van der Waals surface area contributed by atoms with Crippen molar-refractivity contribution in [3.8, 4) is 0 Å². The molecule has 2 aliphatic heterocycles. The highest BCUT2D eigenvalue weighted by Gasteiger charge is 2.54. The molecule has 4 aliphatic rings. The fraction of sp³-hybridized carbons (Fsp3) is 0.889. The predicted octanol–water partition coefficient (Wildman–Crippen LogP) is 6.25. The number of hydrogen-bond donors (Lipinski definition) is 0. The first-order valence-corrected chi connectivity index (χ1v) is 18.4. The molecule has 0 aromatic carbocycles. The van der Waals surface area contributed by atoms with Crippen LogP contribution in [0.15, 0.2) is 0 Å². The van der Waals surface area contributed by atoms with E-state index >= 15 is 0 Å². The Labute approximate surface area is 275 Å². The van der Waals surface area contributed by atoms with Gasteiger partial charge in [-0.3, -0.25) is 19.2 Å². The maximum atomic E-state index is 12.8. The first-order chi connectivity index (χ1) is 22.4. The fourth-order valence-corrected chi connectivity index (χ4v) is 6.91. The smallest absolute Gasteiger partial charge is 0.309 e. The summed E-state index contributed by atoms with van der Waals surface area (Å²) >= 11 is 0. The summed E-state index contributed by atoms with van der Waals surface area (Å²) in [7, 11) is 0. The summed E-state index contributed by atoms with van der Waals surface area (Å²) in [5.74, 6) is -2.96. The van der Waals surface area contributed by atoms with Gasteiger partial charge < -0.3 is 28.4 Å². The molecule has 4 fully saturated rings. The molecule has 46 heavy (non-hydrogen) atoms. The predicted molar refractivity (Wildman–Crippen MR) is 170 cm³/mol. The lowest BCUT2D eigenvalue weighted by Crippen LogP contribution is -2.37. The van der Waals surface area contributed by atoms with Gasteiger partial charge in [0.15, 0.2) is 0 Å². The maximum Gasteiger partial charge on any atom is 0.309 e. The van der Waals surface area contributed by atoms with Crippen LogP contribution in [-0.2, 0) is 47.6 Å². The summed E-state index contributed by atoms with van der Waals surface area (Å²) in [5.41, 5.74) is 0. The van der Waals surface area contributed by atoms with Gasteiger partial charge in [-0.2, -0.15) is 0 Å². The van der Waals surface area contributed by atoms with E-state index in [1.54, 1.807) is 0 Å². The second-order valence-electron chi connectivity index (χ2n) is 13.7. The molecule has 8 unspecified atom stereocenters. The first-order valence-electron chi connectivity index (χ1n) is 18.4. The minimum atomic E-state index is -0.458. The second-order valence-corrected chi connectivity index (χ2v) is 13.7. The molecule has 0 radical (unpaired) electrons. The van der Waals surface area contributed by atoms with Gasteiger partial charge in [0, 0.05) is 0 Å². The summed E-state index contributed by atoms with van der Waals surface area (Å²) in [5, 5.41) is 0. The number of unbranched alkanes of at least 4 members (excludes halogenated alkanes) is 11. The number of ether oxygens (including phenoxy) is 6. The summed E-state index contributed by atoms with van der Waals surface area (Å²) in [6, 6.07) is 0. The zero-order chi connectivity index (χ0) is 32.7. The Bertz CT molecular complexity index is 892. The summed E-state index contributed by atoms with van der Waals surface area (Å²) in [4.78, 5) is 50.7. The molecule has 8 atom stereocenters. The van der Waals surface area contributed by atoms with E-state index in [0.717, 1.165) is 77.0 Å². The molecule has 0 spiro atoms. The number of rotatable bonds is 23. The van der Waals surface area contributed by atoms with Crippen LogP contribution in [0.1, 0.15) is 129 Å². The van der Waals surface area contributed by atoms with Crippen LogP contribution in [0.4, 0.5) is 0 Å². The summed E-state index contributed by atoms with van der Waals surface area (Å²) in [6.07, 6.45) is 16.8. The number of fused-ring (bicyclic) bond motifs is 2. The van der Waals surface area contributed by atoms with E-state index in [4.69, 9.17) is 28.4 Å². The van der Waals surface area contributed by atoms with E-state index in [1.807, 2.05) is 13.8 Å². The Morgan fingerprint density at radius 2 is 0.652 bits per heavy atom. The number of epoxide rings is 2. The minimum absolute atomic E-state index is 0.0872. The SMILES string of the molecule is CCCCOC(=O)C1CC2OC2CC1C(=O)OCCCCCCCCCCCCOC(=O)C1CC2OC2CC1C(=O)OCCCC. The molecule has 2 heterocycles. The van der Waals surface area contributed by atoms with Crippen molar-refractivity contribution in [1.82, 2.24) is 0 Å². The second kappa shape index (κ2) is 19.6. The van der Waals surface area contributed by atoms with Crippen molar-refractivity contribution in [1.29, 1.82) is 0 Å². The Morgan fingerprint density at radius 1 is 0.413 bits per heavy atom. The molecule has 2 saturated heterocycles. The van der Waals surface area contributed by atoms with Crippen molar-refractivity contribution in [2.45, 2.75) is 154 Å². The third-order valence-corrected chi connectivity index (χ3v) is 10.0. The highest BCUT2D eigenvalue weighted by Crippen LogP contribution is 2.45. The van der Waals surface area contributed by atoms with Crippen molar-refractivity contribution in [2.24, 2.45) is 23.7 Å². The van der Waals surface area contributed by atoms with Gasteiger partial charge in [0.1, 0.15) is 0 Å². The molecule has 2 saturated carbocycles. The first kappa shape index (κ1) is 36.6. The number of carbonyl (C=O) groups excluding carboxylic acids is 4. The zero-order valence-electron chi connectivity index (χ0n) is 28.3. The van der Waals surface area contributed by atoms with E-state index in [9.17, 15) is 19.2 Å². The quantitative estimate of drug-likeness (QED) is 0.0542. The lowest BCUT2D eigenvalue weighted by Gasteiger charge is -2.26. The Morgan fingerprint density at radius 3 is 0.913 bits per heavy atom. The van der Waals surface area contributed by atoms with Crippen LogP contribution in [0.5, 0.6) is 0 Å². The van der Waals surface area contributed by atoms with Crippen LogP contribution in [0.25, 0.3) is 0 Å². The van der Waals surface area contributed by atoms with Crippen LogP contribution in [0.2, 0.25) is 0 Å². The molecule has 0 aromatic rings. The Kier molecular flexibility index (Phi) is 15.6. The van der Waals surface area contributed by atoms with Crippen LogP contribution in [-0.4, -0.2) is 74.7 Å². The zero-order valence-corrected chi connectivity index (χ0v) is 28.3. The van der Waals surface area contributed by atoms with Gasteiger partial charge >= 0.3 is 23.9 Å². The van der Waals surface area contributed by atoms with Gasteiger partial charge in [0.25, 0.3) is 0 Å². The van der Waals surface area contributed by atoms with Gasteiger partial charge in [-0.15, -0.1) is 0 Å². The van der Waals surface area contributed by atoms with Crippen molar-refractivity contribution in [3.63, 3.8) is 0 Å². The summed E-state index contributed by atoms with van der Waals surface area (Å²) in [6.45, 7) is 5.69. The van der Waals surface area contributed by atoms with E-state index < -0.39 is 23.7 Å². The molecular weight excluding hydrogens is 592 g/mol. The van der Waals surface area contributed by atoms with Gasteiger partial charge in [-0.05, 0) is 51.4 Å². The Balaban J connectivity index is 0.959. The normalized spacial score (nSPS) is 29.2. The summed E-state index contributed by atoms with van der Waals surface area (Å²) < 4.78 is 33.2. The largest absolute Gasteiger partial charge is 0.465 e. The standard InChI is InChI=1S/C36H58O10/c1-3-5-17-41-33(37)25-21-29-31(45-29)23-27(25)35(39)43-19-15-13-11-9-7-8-10-12-14-16-20-44-36(40)28-24-32-30(46-32)22-26(28)34(38)42-18-6-4-2/h25-32H,3-24H2,1-2H3. The van der Waals surface area contributed by atoms with Crippen LogP contribution in [0, 0.1) is 23.7 Å². The van der Waals surface area contributed by atoms with Crippen molar-refractivity contribution in [2.75, 3.05) is 26.4 Å². The molecule has 0 amide bonds. The van der Waals surface area contributed by atoms with E-state index in [2.05, 4.69) is 0 Å². The van der Waals surface area contributed by atoms with Gasteiger partial charge in [-0.1, -0.05) is 78.1 Å². The number of esters is 4. The molecule has 262 valence electrons. The van der Waals surface area contributed by atoms with Crippen molar-refractivity contribution < 1.29 is 47.6 Å². The topological polar surface area (TPSA) is 130 Å². The van der Waals surface area contributed by atoms with Crippen LogP contribution in [0.3, 0.4) is 0 Å². The van der Waals surface area contributed by atoms with Crippen molar-refractivity contribution >= 4 is 23.9 Å². The maximum absolute atomic E-state index is 12.8. The minimum Gasteiger partial charge on any atom is -0.465 e. The molecule has 10 nitrogen and oxygen atoms in total. The average Bonchev–Trinajstić information content (AvgIpc) is 3.98. The average molecular weight is 651 g/mol. The molecule has 4 rings (SSSR count). The van der Waals surface area contributed by atoms with Gasteiger partial charge in [-0.25, -0.2) is 0 Å². The van der Waals surface area contributed by atoms with Gasteiger partial charge in [0.2, 0.25) is 0 Å². The number of hydrogen-bond acceptors (Lipinski definition) is 10. The number of carbonyl (C=O) groups is 4. The Hall–Kier alpha value is -2.20. The van der Waals surface area contributed by atoms with Gasteiger partial charge in [0.05, 0.1) is 74.5 Å². The fourth-order valence-electron chi connectivity index (χ4n) is 6.91.